The van der Waals surface area contributed by atoms with E-state index in [9.17, 15) is 13.2 Å². The van der Waals surface area contributed by atoms with Crippen LogP contribution >= 0.6 is 12.4 Å². The number of nitrogens with one attached hydrogen (secondary N) is 1. The minimum absolute atomic E-state index is 0. The SMILES string of the molecule is CNCCN(C)C(=O)C1CCN(S(=O)(=O)c2ccc(C)c(C)c2)CC1.Cl. The fourth-order valence-electron chi connectivity index (χ4n) is 3.07. The van der Waals surface area contributed by atoms with E-state index in [-0.39, 0.29) is 24.2 Å². The molecular weight excluding hydrogens is 374 g/mol. The number of benzene rings is 1. The number of hydrogen-bond acceptors (Lipinski definition) is 4. The summed E-state index contributed by atoms with van der Waals surface area (Å²) in [5.41, 5.74) is 2.05. The second kappa shape index (κ2) is 9.69. The molecule has 1 heterocycles. The maximum atomic E-state index is 12.8. The Labute approximate surface area is 163 Å². The van der Waals surface area contributed by atoms with E-state index in [0.29, 0.717) is 37.4 Å². The third kappa shape index (κ3) is 5.19. The molecule has 1 fully saturated rings. The van der Waals surface area contributed by atoms with Crippen LogP contribution in [-0.2, 0) is 14.8 Å². The van der Waals surface area contributed by atoms with Gasteiger partial charge < -0.3 is 10.2 Å². The molecule has 8 heteroatoms. The van der Waals surface area contributed by atoms with Crippen molar-refractivity contribution in [2.24, 2.45) is 5.92 Å². The van der Waals surface area contributed by atoms with Gasteiger partial charge in [-0.25, -0.2) is 8.42 Å². The first kappa shape index (κ1) is 22.9. The van der Waals surface area contributed by atoms with Crippen molar-refractivity contribution >= 4 is 28.3 Å². The predicted octanol–water partition coefficient (Wildman–Crippen LogP) is 1.80. The lowest BCUT2D eigenvalue weighted by Gasteiger charge is -2.32. The van der Waals surface area contributed by atoms with Gasteiger partial charge in [-0.2, -0.15) is 4.31 Å². The molecule has 1 amide bonds. The molecule has 1 N–H and O–H groups in total. The van der Waals surface area contributed by atoms with Gasteiger partial charge in [-0.05, 0) is 57.0 Å². The van der Waals surface area contributed by atoms with Gasteiger partial charge in [0.15, 0.2) is 0 Å². The minimum atomic E-state index is -3.49. The maximum Gasteiger partial charge on any atom is 0.243 e. The summed E-state index contributed by atoms with van der Waals surface area (Å²) in [6.45, 7) is 6.09. The van der Waals surface area contributed by atoms with E-state index in [4.69, 9.17) is 0 Å². The summed E-state index contributed by atoms with van der Waals surface area (Å²) < 4.78 is 27.2. The van der Waals surface area contributed by atoms with E-state index < -0.39 is 10.0 Å². The molecule has 0 saturated carbocycles. The summed E-state index contributed by atoms with van der Waals surface area (Å²) in [4.78, 5) is 14.5. The van der Waals surface area contributed by atoms with Gasteiger partial charge in [-0.3, -0.25) is 4.79 Å². The van der Waals surface area contributed by atoms with E-state index in [1.807, 2.05) is 27.0 Å². The Balaban J connectivity index is 0.00000338. The zero-order valence-corrected chi connectivity index (χ0v) is 17.6. The normalized spacial score (nSPS) is 16.2. The Morgan fingerprint density at radius 2 is 1.85 bits per heavy atom. The van der Waals surface area contributed by atoms with Crippen LogP contribution in [0.15, 0.2) is 23.1 Å². The number of nitrogens with zero attached hydrogens (tertiary/aromatic N) is 2. The smallest absolute Gasteiger partial charge is 0.243 e. The Hall–Kier alpha value is -1.15. The zero-order chi connectivity index (χ0) is 18.6. The molecule has 1 saturated heterocycles. The first-order valence-corrected chi connectivity index (χ1v) is 10.2. The summed E-state index contributed by atoms with van der Waals surface area (Å²) >= 11 is 0. The Bertz CT molecular complexity index is 716. The molecule has 1 aromatic carbocycles. The summed E-state index contributed by atoms with van der Waals surface area (Å²) in [7, 11) is 0.173. The number of aryl methyl sites for hydroxylation is 2. The van der Waals surface area contributed by atoms with Crippen LogP contribution in [0, 0.1) is 19.8 Å². The van der Waals surface area contributed by atoms with Gasteiger partial charge in [0.25, 0.3) is 0 Å². The number of carbonyl (C=O) groups excluding carboxylic acids is 1. The van der Waals surface area contributed by atoms with Crippen molar-refractivity contribution in [3.05, 3.63) is 29.3 Å². The van der Waals surface area contributed by atoms with Crippen molar-refractivity contribution in [3.8, 4) is 0 Å². The number of carbonyl (C=O) groups is 1. The minimum Gasteiger partial charge on any atom is -0.344 e. The number of likely N-dealkylation sites (N-methyl/N-ethyl adjacent to an activating group) is 2. The van der Waals surface area contributed by atoms with Gasteiger partial charge in [0, 0.05) is 39.1 Å². The van der Waals surface area contributed by atoms with Crippen molar-refractivity contribution in [1.82, 2.24) is 14.5 Å². The summed E-state index contributed by atoms with van der Waals surface area (Å²) in [6, 6.07) is 5.24. The lowest BCUT2D eigenvalue weighted by atomic mass is 9.97. The molecule has 26 heavy (non-hydrogen) atoms. The van der Waals surface area contributed by atoms with E-state index in [1.165, 1.54) is 4.31 Å². The molecule has 148 valence electrons. The average molecular weight is 404 g/mol. The highest BCUT2D eigenvalue weighted by Crippen LogP contribution is 2.26. The number of sulfonamides is 1. The summed E-state index contributed by atoms with van der Waals surface area (Å²) in [5.74, 6) is 0.0199. The van der Waals surface area contributed by atoms with Crippen LogP contribution in [-0.4, -0.2) is 63.8 Å². The third-order valence-corrected chi connectivity index (χ3v) is 6.89. The number of hydrogen-bond donors (Lipinski definition) is 1. The van der Waals surface area contributed by atoms with Crippen LogP contribution in [0.5, 0.6) is 0 Å². The van der Waals surface area contributed by atoms with Crippen LogP contribution in [0.1, 0.15) is 24.0 Å². The van der Waals surface area contributed by atoms with Crippen molar-refractivity contribution in [1.29, 1.82) is 0 Å². The third-order valence-electron chi connectivity index (χ3n) is 4.99. The number of rotatable bonds is 6. The quantitative estimate of drug-likeness (QED) is 0.786. The Morgan fingerprint density at radius 3 is 2.38 bits per heavy atom. The highest BCUT2D eigenvalue weighted by Gasteiger charge is 2.33. The molecule has 0 unspecified atom stereocenters. The van der Waals surface area contributed by atoms with Gasteiger partial charge in [0.1, 0.15) is 0 Å². The van der Waals surface area contributed by atoms with Crippen molar-refractivity contribution < 1.29 is 13.2 Å². The molecule has 1 aromatic rings. The summed E-state index contributed by atoms with van der Waals surface area (Å²) in [6.07, 6.45) is 1.15. The molecule has 0 bridgehead atoms. The lowest BCUT2D eigenvalue weighted by Crippen LogP contribution is -2.44. The molecule has 1 aliphatic heterocycles. The second-order valence-electron chi connectivity index (χ2n) is 6.79. The first-order valence-electron chi connectivity index (χ1n) is 8.74. The van der Waals surface area contributed by atoms with Crippen LogP contribution in [0.3, 0.4) is 0 Å². The van der Waals surface area contributed by atoms with E-state index in [2.05, 4.69) is 5.32 Å². The largest absolute Gasteiger partial charge is 0.344 e. The number of piperidine rings is 1. The monoisotopic (exact) mass is 403 g/mol. The van der Waals surface area contributed by atoms with Gasteiger partial charge in [-0.1, -0.05) is 6.07 Å². The van der Waals surface area contributed by atoms with Gasteiger partial charge >= 0.3 is 0 Å². The van der Waals surface area contributed by atoms with Crippen molar-refractivity contribution in [2.75, 3.05) is 40.3 Å². The number of amides is 1. The molecule has 0 radical (unpaired) electrons. The number of halogens is 1. The zero-order valence-electron chi connectivity index (χ0n) is 16.0. The van der Waals surface area contributed by atoms with Gasteiger partial charge in [0.2, 0.25) is 15.9 Å². The highest BCUT2D eigenvalue weighted by atomic mass is 35.5. The fourth-order valence-corrected chi connectivity index (χ4v) is 4.62. The van der Waals surface area contributed by atoms with Gasteiger partial charge in [0.05, 0.1) is 4.90 Å². The summed E-state index contributed by atoms with van der Waals surface area (Å²) in [5, 5.41) is 3.03. The average Bonchev–Trinajstić information content (AvgIpc) is 2.61. The predicted molar refractivity (Wildman–Crippen MR) is 106 cm³/mol. The molecule has 0 atom stereocenters. The Morgan fingerprint density at radius 1 is 1.23 bits per heavy atom. The molecule has 2 rings (SSSR count). The molecule has 0 aromatic heterocycles. The van der Waals surface area contributed by atoms with Crippen LogP contribution in [0.2, 0.25) is 0 Å². The maximum absolute atomic E-state index is 12.8. The molecule has 0 spiro atoms. The second-order valence-corrected chi connectivity index (χ2v) is 8.73. The fraction of sp³-hybridized carbons (Fsp3) is 0.611. The van der Waals surface area contributed by atoms with E-state index >= 15 is 0 Å². The lowest BCUT2D eigenvalue weighted by molar-refractivity contribution is -0.135. The molecule has 6 nitrogen and oxygen atoms in total. The topological polar surface area (TPSA) is 69.7 Å². The van der Waals surface area contributed by atoms with Crippen LogP contribution in [0.4, 0.5) is 0 Å². The van der Waals surface area contributed by atoms with Gasteiger partial charge in [-0.15, -0.1) is 12.4 Å². The first-order chi connectivity index (χ1) is 11.8. The molecule has 1 aliphatic rings. The molecule has 0 aliphatic carbocycles. The van der Waals surface area contributed by atoms with E-state index in [0.717, 1.165) is 17.7 Å². The van der Waals surface area contributed by atoms with Crippen molar-refractivity contribution in [2.45, 2.75) is 31.6 Å². The Kier molecular flexibility index (Phi) is 8.53. The standard InChI is InChI=1S/C18H29N3O3S.ClH/c1-14-5-6-17(13-15(14)2)25(23,24)21-10-7-16(8-11-21)18(22)20(4)12-9-19-3;/h5-6,13,16,19H,7-12H2,1-4H3;1H. The van der Waals surface area contributed by atoms with Crippen LogP contribution in [0.25, 0.3) is 0 Å². The highest BCUT2D eigenvalue weighted by molar-refractivity contribution is 7.89. The van der Waals surface area contributed by atoms with E-state index in [1.54, 1.807) is 24.1 Å². The van der Waals surface area contributed by atoms with Crippen molar-refractivity contribution in [3.63, 3.8) is 0 Å². The molecular formula is C18H30ClN3O3S. The van der Waals surface area contributed by atoms with Crippen LogP contribution < -0.4 is 5.32 Å².